The van der Waals surface area contributed by atoms with E-state index in [1.165, 1.54) is 18.2 Å². The molecular weight excluding hydrogens is 405 g/mol. The van der Waals surface area contributed by atoms with Crippen LogP contribution in [-0.4, -0.2) is 47.8 Å². The number of aromatic nitrogens is 1. The molecule has 2 unspecified atom stereocenters. The molecule has 0 saturated carbocycles. The van der Waals surface area contributed by atoms with Crippen LogP contribution in [0.3, 0.4) is 0 Å². The van der Waals surface area contributed by atoms with Crippen molar-refractivity contribution < 1.29 is 22.7 Å². The lowest BCUT2D eigenvalue weighted by Gasteiger charge is -2.33. The van der Waals surface area contributed by atoms with E-state index in [-0.39, 0.29) is 19.8 Å². The number of aliphatic imine (C=N–C) groups is 1. The first-order valence-corrected chi connectivity index (χ1v) is 10.5. The number of nitrogens with zero attached hydrogens (tertiary/aromatic N) is 3. The minimum absolute atomic E-state index is 0.0102. The molecule has 29 heavy (non-hydrogen) atoms. The third-order valence-corrected chi connectivity index (χ3v) is 5.57. The first-order valence-electron chi connectivity index (χ1n) is 8.99. The van der Waals surface area contributed by atoms with Crippen molar-refractivity contribution in [2.75, 3.05) is 20.3 Å². The van der Waals surface area contributed by atoms with Gasteiger partial charge in [0.1, 0.15) is 0 Å². The number of alkyl halides is 3. The molecule has 0 spiro atoms. The lowest BCUT2D eigenvalue weighted by atomic mass is 9.86. The van der Waals surface area contributed by atoms with Crippen LogP contribution in [0.2, 0.25) is 0 Å². The molecule has 0 aliphatic carbocycles. The third-order valence-electron chi connectivity index (χ3n) is 4.62. The number of pyridine rings is 1. The molecule has 0 fully saturated rings. The van der Waals surface area contributed by atoms with Gasteiger partial charge < -0.3 is 10.0 Å². The normalized spacial score (nSPS) is 14.7. The van der Waals surface area contributed by atoms with Crippen LogP contribution < -0.4 is 5.30 Å². The molecule has 158 valence electrons. The molecule has 1 N–H and O–H groups in total. The molecule has 0 aliphatic heterocycles. The van der Waals surface area contributed by atoms with Gasteiger partial charge in [-0.25, -0.2) is 9.98 Å². The van der Waals surface area contributed by atoms with Crippen molar-refractivity contribution in [2.45, 2.75) is 32.0 Å². The summed E-state index contributed by atoms with van der Waals surface area (Å²) in [6.07, 6.45) is -4.25. The van der Waals surface area contributed by atoms with E-state index < -0.39 is 24.1 Å². The van der Waals surface area contributed by atoms with E-state index in [0.717, 1.165) is 12.6 Å². The monoisotopic (exact) mass is 429 g/mol. The maximum atomic E-state index is 14.0. The smallest absolute Gasteiger partial charge is 0.376 e. The molecule has 0 saturated heterocycles. The molecule has 0 bridgehead atoms. The van der Waals surface area contributed by atoms with Crippen LogP contribution in [0, 0.1) is 12.9 Å². The quantitative estimate of drug-likeness (QED) is 0.237. The zero-order valence-electron chi connectivity index (χ0n) is 16.7. The van der Waals surface area contributed by atoms with Crippen LogP contribution in [0.5, 0.6) is 0 Å². The first-order chi connectivity index (χ1) is 13.5. The Morgan fingerprint density at radius 1 is 1.28 bits per heavy atom. The fraction of sp³-hybridized carbons (Fsp3) is 0.400. The molecule has 1 aromatic carbocycles. The van der Waals surface area contributed by atoms with Gasteiger partial charge in [0.2, 0.25) is 5.95 Å². The maximum absolute atomic E-state index is 14.0. The molecule has 9 heteroatoms. The van der Waals surface area contributed by atoms with Crippen molar-refractivity contribution in [1.82, 2.24) is 9.88 Å². The Hall–Kier alpha value is -2.05. The number of aryl methyl sites for hydroxylation is 1. The number of aliphatic hydroxyl groups is 1. The minimum Gasteiger partial charge on any atom is -0.376 e. The predicted octanol–water partition coefficient (Wildman–Crippen LogP) is 4.07. The van der Waals surface area contributed by atoms with Gasteiger partial charge in [0, 0.05) is 31.3 Å². The molecule has 1 heterocycles. The Morgan fingerprint density at radius 2 is 1.97 bits per heavy atom. The summed E-state index contributed by atoms with van der Waals surface area (Å²) in [5.74, 6) is -0.898. The number of benzene rings is 1. The van der Waals surface area contributed by atoms with Crippen LogP contribution in [0.25, 0.3) is 0 Å². The van der Waals surface area contributed by atoms with Crippen LogP contribution in [0.1, 0.15) is 23.7 Å². The Morgan fingerprint density at radius 3 is 2.52 bits per heavy atom. The Kier molecular flexibility index (Phi) is 7.35. The zero-order valence-corrected chi connectivity index (χ0v) is 17.7. The molecule has 0 amide bonds. The van der Waals surface area contributed by atoms with E-state index in [2.05, 4.69) is 9.98 Å². The van der Waals surface area contributed by atoms with E-state index in [1.807, 2.05) is 18.9 Å². The molecule has 2 rings (SSSR count). The highest BCUT2D eigenvalue weighted by Crippen LogP contribution is 2.43. The van der Waals surface area contributed by atoms with Crippen LogP contribution in [0.15, 0.2) is 35.3 Å². The van der Waals surface area contributed by atoms with Gasteiger partial charge in [0.15, 0.2) is 5.60 Å². The van der Waals surface area contributed by atoms with E-state index >= 15 is 0 Å². The summed E-state index contributed by atoms with van der Waals surface area (Å²) in [5.41, 5.74) is -2.60. The first kappa shape index (κ1) is 23.2. The van der Waals surface area contributed by atoms with E-state index in [4.69, 9.17) is 0 Å². The van der Waals surface area contributed by atoms with Gasteiger partial charge in [-0.15, -0.1) is 0 Å². The topological polar surface area (TPSA) is 48.7 Å². The second-order valence-corrected chi connectivity index (χ2v) is 7.78. The van der Waals surface area contributed by atoms with E-state index in [1.54, 1.807) is 26.0 Å². The van der Waals surface area contributed by atoms with Crippen LogP contribution in [-0.2, 0) is 12.0 Å². The maximum Gasteiger partial charge on any atom is 0.421 e. The molecule has 0 aliphatic rings. The summed E-state index contributed by atoms with van der Waals surface area (Å²) in [5, 5.41) is 11.2. The fourth-order valence-electron chi connectivity index (χ4n) is 2.79. The highest BCUT2D eigenvalue weighted by atomic mass is 31.1. The molecule has 2 atom stereocenters. The van der Waals surface area contributed by atoms with Crippen molar-refractivity contribution in [3.63, 3.8) is 0 Å². The standard InChI is InChI=1S/C20H24F4N3OP/c1-5-27(3)12-25-16-10-17(29-4)15(9-13(16)2)19(28,20(22,23)24)11-14-7-6-8-18(21)26-14/h6-10,12,28-29H,5,11H2,1-4H3/b25-12+. The highest BCUT2D eigenvalue weighted by Gasteiger charge is 2.56. The largest absolute Gasteiger partial charge is 0.421 e. The average Bonchev–Trinajstić information content (AvgIpc) is 2.65. The van der Waals surface area contributed by atoms with Crippen LogP contribution in [0.4, 0.5) is 23.2 Å². The average molecular weight is 429 g/mol. The van der Waals surface area contributed by atoms with Gasteiger partial charge >= 0.3 is 6.18 Å². The van der Waals surface area contributed by atoms with Gasteiger partial charge in [-0.2, -0.15) is 17.6 Å². The fourth-order valence-corrected chi connectivity index (χ4v) is 3.62. The summed E-state index contributed by atoms with van der Waals surface area (Å²) in [6.45, 7) is 6.06. The third kappa shape index (κ3) is 5.31. The van der Waals surface area contributed by atoms with Crippen molar-refractivity contribution in [3.05, 3.63) is 53.1 Å². The molecule has 2 aromatic rings. The number of hydrogen-bond donors (Lipinski definition) is 1. The van der Waals surface area contributed by atoms with Gasteiger partial charge in [0.05, 0.1) is 12.0 Å². The van der Waals surface area contributed by atoms with Crippen molar-refractivity contribution in [3.8, 4) is 0 Å². The van der Waals surface area contributed by atoms with Gasteiger partial charge in [-0.1, -0.05) is 20.7 Å². The second-order valence-electron chi connectivity index (χ2n) is 6.74. The highest BCUT2D eigenvalue weighted by molar-refractivity contribution is 7.46. The van der Waals surface area contributed by atoms with Gasteiger partial charge in [-0.05, 0) is 49.6 Å². The lowest BCUT2D eigenvalue weighted by Crippen LogP contribution is -2.46. The SMILES string of the molecule is CCN(C)/C=N/c1cc(PC)c(C(O)(Cc2cccc(F)n2)C(F)(F)F)cc1C. The summed E-state index contributed by atoms with van der Waals surface area (Å²) >= 11 is 0. The molecule has 0 radical (unpaired) electrons. The molecule has 1 aromatic heterocycles. The Labute approximate surface area is 169 Å². The number of halogens is 4. The Bertz CT molecular complexity index is 889. The second kappa shape index (κ2) is 9.18. The van der Waals surface area contributed by atoms with Crippen molar-refractivity contribution >= 4 is 25.9 Å². The predicted molar refractivity (Wildman–Crippen MR) is 109 cm³/mol. The summed E-state index contributed by atoms with van der Waals surface area (Å²) in [4.78, 5) is 9.68. The van der Waals surface area contributed by atoms with Crippen LogP contribution >= 0.6 is 8.58 Å². The van der Waals surface area contributed by atoms with Gasteiger partial charge in [-0.3, -0.25) is 0 Å². The Balaban J connectivity index is 2.59. The zero-order chi connectivity index (χ0) is 21.8. The number of hydrogen-bond acceptors (Lipinski definition) is 3. The number of rotatable bonds is 7. The van der Waals surface area contributed by atoms with E-state index in [9.17, 15) is 22.7 Å². The molecule has 4 nitrogen and oxygen atoms in total. The summed E-state index contributed by atoms with van der Waals surface area (Å²) in [7, 11) is 1.83. The summed E-state index contributed by atoms with van der Waals surface area (Å²) in [6, 6.07) is 6.46. The van der Waals surface area contributed by atoms with Crippen molar-refractivity contribution in [2.24, 2.45) is 4.99 Å². The summed E-state index contributed by atoms with van der Waals surface area (Å²) < 4.78 is 55.5. The molecular formula is C20H24F4N3OP. The minimum atomic E-state index is -4.98. The lowest BCUT2D eigenvalue weighted by molar-refractivity contribution is -0.266. The van der Waals surface area contributed by atoms with Crippen molar-refractivity contribution in [1.29, 1.82) is 0 Å². The van der Waals surface area contributed by atoms with Gasteiger partial charge in [0.25, 0.3) is 0 Å². The van der Waals surface area contributed by atoms with E-state index in [0.29, 0.717) is 16.6 Å².